The molecule has 0 spiro atoms. The molecule has 3 atom stereocenters. The van der Waals surface area contributed by atoms with Crippen LogP contribution in [0.3, 0.4) is 0 Å². The van der Waals surface area contributed by atoms with E-state index in [-0.39, 0.29) is 0 Å². The second-order valence-corrected chi connectivity index (χ2v) is 6.50. The summed E-state index contributed by atoms with van der Waals surface area (Å²) in [5.74, 6) is 0.619. The molecule has 0 bridgehead atoms. The summed E-state index contributed by atoms with van der Waals surface area (Å²) < 4.78 is 14.3. The van der Waals surface area contributed by atoms with Crippen molar-refractivity contribution >= 4 is 5.65 Å². The Balaban J connectivity index is 1.98. The quantitative estimate of drug-likeness (QED) is 0.731. The molecule has 2 aromatic heterocycles. The molecule has 1 aliphatic rings. The van der Waals surface area contributed by atoms with Crippen LogP contribution in [0.4, 0.5) is 0 Å². The maximum atomic E-state index is 11.2. The first kappa shape index (κ1) is 16.8. The average Bonchev–Trinajstić information content (AvgIpc) is 3.05. The minimum Gasteiger partial charge on any atom is -0.479 e. The van der Waals surface area contributed by atoms with E-state index in [9.17, 15) is 5.11 Å². The van der Waals surface area contributed by atoms with Crippen LogP contribution in [0.25, 0.3) is 5.65 Å². The molecule has 26 heavy (non-hydrogen) atoms. The molecule has 2 unspecified atom stereocenters. The number of aliphatic hydroxyl groups is 1. The molecule has 0 saturated heterocycles. The van der Waals surface area contributed by atoms with Crippen molar-refractivity contribution < 1.29 is 14.6 Å². The number of fused-ring (bicyclic) bond motifs is 3. The Labute approximate surface area is 152 Å². The first-order valence-corrected chi connectivity index (χ1v) is 8.76. The number of imidazole rings is 1. The molecule has 0 fully saturated rings. The fraction of sp³-hybridized carbons (Fsp3) is 0.286. The van der Waals surface area contributed by atoms with E-state index in [0.29, 0.717) is 18.0 Å². The number of hydrogen-bond acceptors (Lipinski definition) is 4. The van der Waals surface area contributed by atoms with Crippen LogP contribution in [0, 0.1) is 6.92 Å². The molecule has 3 heterocycles. The summed E-state index contributed by atoms with van der Waals surface area (Å²) in [6.45, 7) is 8.25. The molecule has 5 nitrogen and oxygen atoms in total. The van der Waals surface area contributed by atoms with Crippen molar-refractivity contribution in [2.24, 2.45) is 0 Å². The predicted molar refractivity (Wildman–Crippen MR) is 99.2 cm³/mol. The Hall–Kier alpha value is -2.63. The number of hydrogen-bond donors (Lipinski definition) is 1. The van der Waals surface area contributed by atoms with E-state index >= 15 is 0 Å². The van der Waals surface area contributed by atoms with Gasteiger partial charge in [-0.1, -0.05) is 43.0 Å². The van der Waals surface area contributed by atoms with Gasteiger partial charge in [0.1, 0.15) is 11.7 Å². The highest BCUT2D eigenvalue weighted by molar-refractivity contribution is 5.63. The third-order valence-electron chi connectivity index (χ3n) is 4.91. The molecule has 5 heteroatoms. The summed E-state index contributed by atoms with van der Waals surface area (Å²) in [6.07, 6.45) is 4.00. The third kappa shape index (κ3) is 2.35. The van der Waals surface area contributed by atoms with Gasteiger partial charge >= 0.3 is 0 Å². The molecular weight excluding hydrogens is 328 g/mol. The zero-order valence-corrected chi connectivity index (χ0v) is 14.9. The van der Waals surface area contributed by atoms with Gasteiger partial charge in [0.2, 0.25) is 0 Å². The van der Waals surface area contributed by atoms with Crippen LogP contribution < -0.4 is 4.74 Å². The van der Waals surface area contributed by atoms with E-state index < -0.39 is 17.8 Å². The van der Waals surface area contributed by atoms with Crippen LogP contribution >= 0.6 is 0 Å². The third-order valence-corrected chi connectivity index (χ3v) is 4.91. The summed E-state index contributed by atoms with van der Waals surface area (Å²) in [4.78, 5) is 4.61. The highest BCUT2D eigenvalue weighted by atomic mass is 16.5. The Morgan fingerprint density at radius 3 is 2.81 bits per heavy atom. The normalized spacial score (nSPS) is 24.9. The summed E-state index contributed by atoms with van der Waals surface area (Å²) in [5.41, 5.74) is 2.16. The van der Waals surface area contributed by atoms with Crippen molar-refractivity contribution in [1.29, 1.82) is 0 Å². The maximum Gasteiger partial charge on any atom is 0.180 e. The zero-order chi connectivity index (χ0) is 18.3. The second-order valence-electron chi connectivity index (χ2n) is 6.50. The summed E-state index contributed by atoms with van der Waals surface area (Å²) in [5, 5.41) is 11.2. The molecule has 0 amide bonds. The number of nitrogens with zero attached hydrogens (tertiary/aromatic N) is 2. The Morgan fingerprint density at radius 2 is 2.12 bits per heavy atom. The predicted octanol–water partition coefficient (Wildman–Crippen LogP) is 3.56. The van der Waals surface area contributed by atoms with Crippen molar-refractivity contribution in [2.75, 3.05) is 6.61 Å². The minimum absolute atomic E-state index is 0.433. The van der Waals surface area contributed by atoms with E-state index in [4.69, 9.17) is 9.47 Å². The topological polar surface area (TPSA) is 56.0 Å². The van der Waals surface area contributed by atoms with E-state index in [1.165, 1.54) is 0 Å². The molecule has 3 aromatic rings. The van der Waals surface area contributed by atoms with Gasteiger partial charge in [-0.25, -0.2) is 4.98 Å². The van der Waals surface area contributed by atoms with Crippen LogP contribution in [0.2, 0.25) is 0 Å². The van der Waals surface area contributed by atoms with E-state index in [1.807, 2.05) is 67.0 Å². The van der Waals surface area contributed by atoms with Gasteiger partial charge in [-0.15, -0.1) is 0 Å². The van der Waals surface area contributed by atoms with Crippen molar-refractivity contribution in [3.63, 3.8) is 0 Å². The first-order valence-electron chi connectivity index (χ1n) is 8.76. The van der Waals surface area contributed by atoms with Gasteiger partial charge in [0, 0.05) is 24.6 Å². The van der Waals surface area contributed by atoms with Crippen molar-refractivity contribution in [3.05, 3.63) is 78.3 Å². The monoisotopic (exact) mass is 350 g/mol. The van der Waals surface area contributed by atoms with E-state index in [1.54, 1.807) is 6.08 Å². The lowest BCUT2D eigenvalue weighted by molar-refractivity contribution is -0.146. The van der Waals surface area contributed by atoms with E-state index in [2.05, 4.69) is 11.6 Å². The molecule has 0 aliphatic carbocycles. The molecule has 1 N–H and O–H groups in total. The fourth-order valence-corrected chi connectivity index (χ4v) is 3.73. The van der Waals surface area contributed by atoms with E-state index in [0.717, 1.165) is 16.8 Å². The number of aromatic nitrogens is 2. The highest BCUT2D eigenvalue weighted by Gasteiger charge is 2.50. The average molecular weight is 350 g/mol. The zero-order valence-electron chi connectivity index (χ0n) is 14.9. The molecule has 0 saturated carbocycles. The summed E-state index contributed by atoms with van der Waals surface area (Å²) in [6, 6.07) is 11.6. The number of benzene rings is 1. The number of aliphatic hydroxyl groups excluding tert-OH is 1. The van der Waals surface area contributed by atoms with Crippen molar-refractivity contribution in [1.82, 2.24) is 9.38 Å². The highest BCUT2D eigenvalue weighted by Crippen LogP contribution is 2.49. The Bertz CT molecular complexity index is 951. The van der Waals surface area contributed by atoms with Gasteiger partial charge in [0.15, 0.2) is 17.5 Å². The molecular formula is C21H22N2O3. The summed E-state index contributed by atoms with van der Waals surface area (Å²) >= 11 is 0. The van der Waals surface area contributed by atoms with Crippen molar-refractivity contribution in [3.8, 4) is 5.75 Å². The van der Waals surface area contributed by atoms with Crippen LogP contribution in [0.15, 0.2) is 61.4 Å². The lowest BCUT2D eigenvalue weighted by Crippen LogP contribution is -2.49. The fourth-order valence-electron chi connectivity index (χ4n) is 3.73. The van der Waals surface area contributed by atoms with Gasteiger partial charge in [0.05, 0.1) is 5.69 Å². The van der Waals surface area contributed by atoms with Gasteiger partial charge < -0.3 is 19.0 Å². The Kier molecular flexibility index (Phi) is 4.05. The van der Waals surface area contributed by atoms with Gasteiger partial charge in [-0.05, 0) is 25.5 Å². The number of rotatable bonds is 4. The lowest BCUT2D eigenvalue weighted by Gasteiger charge is -2.44. The second kappa shape index (κ2) is 6.27. The van der Waals surface area contributed by atoms with Crippen LogP contribution in [0.5, 0.6) is 5.75 Å². The van der Waals surface area contributed by atoms with Gasteiger partial charge in [-0.2, -0.15) is 0 Å². The maximum absolute atomic E-state index is 11.2. The van der Waals surface area contributed by atoms with Crippen LogP contribution in [0.1, 0.15) is 29.8 Å². The van der Waals surface area contributed by atoms with Crippen LogP contribution in [-0.4, -0.2) is 27.2 Å². The minimum atomic E-state index is -1.07. The SMILES string of the molecule is C=CC1(OCC)c2ccn3cc(C)nc3c2O[C@H](c2ccccc2)C1O. The van der Waals surface area contributed by atoms with Gasteiger partial charge in [0.25, 0.3) is 0 Å². The number of ether oxygens (including phenoxy) is 2. The smallest absolute Gasteiger partial charge is 0.180 e. The standard InChI is InChI=1S/C21H22N2O3/c1-4-21(25-5-2)16-11-12-23-13-14(3)22-20(23)18(16)26-17(19(21)24)15-9-7-6-8-10-15/h4,6-13,17,19,24H,1,5H2,2-3H3/t17-,19?,21?/m1/s1. The largest absolute Gasteiger partial charge is 0.479 e. The molecule has 1 aromatic carbocycles. The van der Waals surface area contributed by atoms with Crippen LogP contribution in [-0.2, 0) is 10.3 Å². The lowest BCUT2D eigenvalue weighted by atomic mass is 9.80. The molecule has 134 valence electrons. The number of aryl methyl sites for hydroxylation is 1. The van der Waals surface area contributed by atoms with Gasteiger partial charge in [-0.3, -0.25) is 0 Å². The molecule has 1 aliphatic heterocycles. The molecule has 0 radical (unpaired) electrons. The van der Waals surface area contributed by atoms with Crippen molar-refractivity contribution in [2.45, 2.75) is 31.7 Å². The summed E-state index contributed by atoms with van der Waals surface area (Å²) in [7, 11) is 0. The number of pyridine rings is 1. The molecule has 4 rings (SSSR count). The Morgan fingerprint density at radius 1 is 1.35 bits per heavy atom. The first-order chi connectivity index (χ1) is 12.6.